The third-order valence-corrected chi connectivity index (χ3v) is 6.05. The minimum atomic E-state index is -0.308. The summed E-state index contributed by atoms with van der Waals surface area (Å²) in [5.41, 5.74) is 2.94. The second-order valence-electron chi connectivity index (χ2n) is 8.29. The number of nitrogens with one attached hydrogen (secondary N) is 1. The quantitative estimate of drug-likeness (QED) is 0.464. The van der Waals surface area contributed by atoms with E-state index in [0.717, 1.165) is 60.2 Å². The highest BCUT2D eigenvalue weighted by Crippen LogP contribution is 2.36. The standard InChI is InChI=1S/C24H27FN6O/c1-3-26-23-12-21-19(14-27-23)24(16-13-28-30(2)15-16)29-31(21)17-8-10-18(11-9-17)32-22-7-5-4-6-20(22)25/h4-7,12-15,17-18H,3,8-11H2,1-2H3,(H,26,27)/t17-,18-. The summed E-state index contributed by atoms with van der Waals surface area (Å²) in [5.74, 6) is 0.869. The van der Waals surface area contributed by atoms with Gasteiger partial charge in [-0.3, -0.25) is 9.36 Å². The lowest BCUT2D eigenvalue weighted by Crippen LogP contribution is -2.26. The molecule has 7 nitrogen and oxygen atoms in total. The second-order valence-corrected chi connectivity index (χ2v) is 8.29. The van der Waals surface area contributed by atoms with Crippen molar-refractivity contribution in [2.24, 2.45) is 7.05 Å². The van der Waals surface area contributed by atoms with Crippen molar-refractivity contribution < 1.29 is 9.13 Å². The first-order chi connectivity index (χ1) is 15.6. The van der Waals surface area contributed by atoms with Gasteiger partial charge < -0.3 is 10.1 Å². The molecule has 0 unspecified atom stereocenters. The van der Waals surface area contributed by atoms with E-state index in [-0.39, 0.29) is 18.0 Å². The summed E-state index contributed by atoms with van der Waals surface area (Å²) in [6.45, 7) is 2.86. The number of nitrogens with zero attached hydrogens (tertiary/aromatic N) is 5. The third-order valence-electron chi connectivity index (χ3n) is 6.05. The fourth-order valence-corrected chi connectivity index (χ4v) is 4.47. The molecule has 1 N–H and O–H groups in total. The zero-order valence-corrected chi connectivity index (χ0v) is 18.3. The van der Waals surface area contributed by atoms with E-state index in [4.69, 9.17) is 9.84 Å². The molecule has 8 heteroatoms. The second kappa shape index (κ2) is 8.61. The number of halogens is 1. The molecule has 3 aromatic heterocycles. The number of anilines is 1. The van der Waals surface area contributed by atoms with Crippen LogP contribution in [0.4, 0.5) is 10.2 Å². The van der Waals surface area contributed by atoms with Crippen molar-refractivity contribution in [3.63, 3.8) is 0 Å². The summed E-state index contributed by atoms with van der Waals surface area (Å²) in [7, 11) is 1.90. The van der Waals surface area contributed by atoms with Crippen LogP contribution in [-0.4, -0.2) is 37.2 Å². The smallest absolute Gasteiger partial charge is 0.165 e. The van der Waals surface area contributed by atoms with Gasteiger partial charge >= 0.3 is 0 Å². The summed E-state index contributed by atoms with van der Waals surface area (Å²) in [5, 5.41) is 13.6. The van der Waals surface area contributed by atoms with Crippen molar-refractivity contribution in [3.8, 4) is 17.0 Å². The molecule has 1 saturated carbocycles. The molecule has 1 fully saturated rings. The van der Waals surface area contributed by atoms with E-state index in [1.807, 2.05) is 25.6 Å². The predicted molar refractivity (Wildman–Crippen MR) is 122 cm³/mol. The van der Waals surface area contributed by atoms with Crippen LogP contribution in [0.3, 0.4) is 0 Å². The van der Waals surface area contributed by atoms with Gasteiger partial charge in [-0.15, -0.1) is 0 Å². The highest BCUT2D eigenvalue weighted by Gasteiger charge is 2.27. The van der Waals surface area contributed by atoms with E-state index in [1.165, 1.54) is 6.07 Å². The molecule has 5 rings (SSSR count). The van der Waals surface area contributed by atoms with Gasteiger partial charge in [-0.2, -0.15) is 10.2 Å². The van der Waals surface area contributed by atoms with Gasteiger partial charge in [0.15, 0.2) is 11.6 Å². The Morgan fingerprint density at radius 3 is 2.69 bits per heavy atom. The van der Waals surface area contributed by atoms with Crippen molar-refractivity contribution in [2.75, 3.05) is 11.9 Å². The average Bonchev–Trinajstić information content (AvgIpc) is 3.39. The molecular weight excluding hydrogens is 407 g/mol. The first kappa shape index (κ1) is 20.5. The first-order valence-electron chi connectivity index (χ1n) is 11.1. The number of ether oxygens (including phenoxy) is 1. The van der Waals surface area contributed by atoms with Crippen LogP contribution >= 0.6 is 0 Å². The van der Waals surface area contributed by atoms with E-state index in [2.05, 4.69) is 33.1 Å². The molecule has 0 bridgehead atoms. The van der Waals surface area contributed by atoms with Gasteiger partial charge in [-0.25, -0.2) is 9.37 Å². The highest BCUT2D eigenvalue weighted by atomic mass is 19.1. The molecular formula is C24H27FN6O. The zero-order chi connectivity index (χ0) is 22.1. The van der Waals surface area contributed by atoms with Gasteiger partial charge in [0.05, 0.1) is 23.9 Å². The molecule has 0 radical (unpaired) electrons. The summed E-state index contributed by atoms with van der Waals surface area (Å²) in [6, 6.07) is 8.94. The topological polar surface area (TPSA) is 69.8 Å². The Bertz CT molecular complexity index is 1220. The zero-order valence-electron chi connectivity index (χ0n) is 18.3. The van der Waals surface area contributed by atoms with Gasteiger partial charge in [0.25, 0.3) is 0 Å². The molecule has 1 aliphatic carbocycles. The summed E-state index contributed by atoms with van der Waals surface area (Å²) < 4.78 is 23.8. The van der Waals surface area contributed by atoms with E-state index >= 15 is 0 Å². The van der Waals surface area contributed by atoms with Crippen molar-refractivity contribution in [1.82, 2.24) is 24.5 Å². The molecule has 32 heavy (non-hydrogen) atoms. The Balaban J connectivity index is 1.42. The first-order valence-corrected chi connectivity index (χ1v) is 11.1. The van der Waals surface area contributed by atoms with Crippen LogP contribution in [0.2, 0.25) is 0 Å². The largest absolute Gasteiger partial charge is 0.487 e. The Kier molecular flexibility index (Phi) is 5.51. The van der Waals surface area contributed by atoms with Crippen molar-refractivity contribution in [1.29, 1.82) is 0 Å². The molecule has 0 amide bonds. The van der Waals surface area contributed by atoms with Crippen LogP contribution in [-0.2, 0) is 7.05 Å². The molecule has 0 saturated heterocycles. The minimum Gasteiger partial charge on any atom is -0.487 e. The number of fused-ring (bicyclic) bond motifs is 1. The lowest BCUT2D eigenvalue weighted by Gasteiger charge is -2.29. The maximum atomic E-state index is 14.0. The van der Waals surface area contributed by atoms with E-state index in [0.29, 0.717) is 5.75 Å². The maximum Gasteiger partial charge on any atom is 0.165 e. The number of aryl methyl sites for hydroxylation is 1. The highest BCUT2D eigenvalue weighted by molar-refractivity contribution is 5.93. The van der Waals surface area contributed by atoms with Gasteiger partial charge in [-0.05, 0) is 44.7 Å². The van der Waals surface area contributed by atoms with Crippen LogP contribution in [0, 0.1) is 5.82 Å². The summed E-state index contributed by atoms with van der Waals surface area (Å²) >= 11 is 0. The van der Waals surface area contributed by atoms with Crippen molar-refractivity contribution >= 4 is 16.7 Å². The number of benzene rings is 1. The fraction of sp³-hybridized carbons (Fsp3) is 0.375. The molecule has 166 valence electrons. The third kappa shape index (κ3) is 3.92. The lowest BCUT2D eigenvalue weighted by molar-refractivity contribution is 0.126. The number of pyridine rings is 1. The Labute approximate surface area is 186 Å². The molecule has 1 aromatic carbocycles. The Hall–Kier alpha value is -3.42. The summed E-state index contributed by atoms with van der Waals surface area (Å²) in [6.07, 6.45) is 9.27. The molecule has 0 atom stereocenters. The van der Waals surface area contributed by atoms with Gasteiger partial charge in [0.2, 0.25) is 0 Å². The molecule has 4 aromatic rings. The number of aromatic nitrogens is 5. The van der Waals surface area contributed by atoms with E-state index in [9.17, 15) is 4.39 Å². The van der Waals surface area contributed by atoms with Crippen molar-refractivity contribution in [2.45, 2.75) is 44.8 Å². The monoisotopic (exact) mass is 434 g/mol. The fourth-order valence-electron chi connectivity index (χ4n) is 4.47. The van der Waals surface area contributed by atoms with E-state index in [1.54, 1.807) is 22.9 Å². The predicted octanol–water partition coefficient (Wildman–Crippen LogP) is 4.97. The van der Waals surface area contributed by atoms with Crippen LogP contribution < -0.4 is 10.1 Å². The van der Waals surface area contributed by atoms with Gasteiger partial charge in [0.1, 0.15) is 11.5 Å². The Morgan fingerprint density at radius 2 is 1.97 bits per heavy atom. The van der Waals surface area contributed by atoms with Crippen LogP contribution in [0.5, 0.6) is 5.75 Å². The molecule has 0 aliphatic heterocycles. The van der Waals surface area contributed by atoms with Crippen LogP contribution in [0.15, 0.2) is 48.9 Å². The Morgan fingerprint density at radius 1 is 1.16 bits per heavy atom. The summed E-state index contributed by atoms with van der Waals surface area (Å²) in [4.78, 5) is 4.57. The van der Waals surface area contributed by atoms with Crippen LogP contribution in [0.1, 0.15) is 38.6 Å². The van der Waals surface area contributed by atoms with Crippen molar-refractivity contribution in [3.05, 3.63) is 54.7 Å². The number of hydrogen-bond donors (Lipinski definition) is 1. The average molecular weight is 435 g/mol. The molecule has 0 spiro atoms. The molecule has 1 aliphatic rings. The SMILES string of the molecule is CCNc1cc2c(cn1)c(-c1cnn(C)c1)nn2[C@H]1CC[C@H](Oc2ccccc2F)CC1. The molecule has 3 heterocycles. The minimum absolute atomic E-state index is 0.0155. The number of rotatable bonds is 6. The normalized spacial score (nSPS) is 18.7. The number of para-hydroxylation sites is 1. The van der Waals surface area contributed by atoms with E-state index < -0.39 is 0 Å². The maximum absolute atomic E-state index is 14.0. The lowest BCUT2D eigenvalue weighted by atomic mass is 9.93. The van der Waals surface area contributed by atoms with Crippen LogP contribution in [0.25, 0.3) is 22.2 Å². The number of hydrogen-bond acceptors (Lipinski definition) is 5. The van der Waals surface area contributed by atoms with Gasteiger partial charge in [0, 0.05) is 43.0 Å². The van der Waals surface area contributed by atoms with Gasteiger partial charge in [-0.1, -0.05) is 12.1 Å².